The van der Waals surface area contributed by atoms with Gasteiger partial charge in [0.15, 0.2) is 0 Å². The average Bonchev–Trinajstić information content (AvgIpc) is 3.10. The van der Waals surface area contributed by atoms with Gasteiger partial charge in [-0.2, -0.15) is 0 Å². The molecule has 0 N–H and O–H groups in total. The second kappa shape index (κ2) is 5.36. The third-order valence-corrected chi connectivity index (χ3v) is 5.02. The Balaban J connectivity index is 1.56. The van der Waals surface area contributed by atoms with Gasteiger partial charge in [-0.25, -0.2) is 9.59 Å². The maximum atomic E-state index is 12.1. The molecule has 3 atom stereocenters. The van der Waals surface area contributed by atoms with Crippen LogP contribution < -0.4 is 0 Å². The van der Waals surface area contributed by atoms with Crippen LogP contribution in [-0.4, -0.2) is 18.2 Å². The maximum Gasteiger partial charge on any atom is 0.338 e. The third kappa shape index (κ3) is 2.45. The van der Waals surface area contributed by atoms with Crippen molar-refractivity contribution in [2.45, 2.75) is 25.7 Å². The van der Waals surface area contributed by atoms with Crippen LogP contribution in [0, 0.1) is 9.49 Å². The summed E-state index contributed by atoms with van der Waals surface area (Å²) < 4.78 is 17.1. The number of esters is 2. The molecule has 1 saturated heterocycles. The first-order valence-electron chi connectivity index (χ1n) is 7.27. The number of fused-ring (bicyclic) bond motifs is 3. The number of hydrogen-bond acceptors (Lipinski definition) is 5. The van der Waals surface area contributed by atoms with E-state index in [0.29, 0.717) is 11.1 Å². The molecule has 5 nitrogen and oxygen atoms in total. The normalized spacial score (nSPS) is 29.9. The van der Waals surface area contributed by atoms with Crippen molar-refractivity contribution >= 4 is 34.5 Å². The van der Waals surface area contributed by atoms with E-state index in [1.165, 1.54) is 11.8 Å². The Kier molecular flexibility index (Phi) is 3.44. The first kappa shape index (κ1) is 14.7. The molecule has 2 aliphatic heterocycles. The van der Waals surface area contributed by atoms with Gasteiger partial charge < -0.3 is 14.2 Å². The van der Waals surface area contributed by atoms with E-state index in [2.05, 4.69) is 34.7 Å². The Morgan fingerprint density at radius 2 is 2.09 bits per heavy atom. The zero-order valence-electron chi connectivity index (χ0n) is 12.2. The molecular weight excluding hydrogens is 411 g/mol. The number of benzene rings is 1. The van der Waals surface area contributed by atoms with Crippen LogP contribution in [0.5, 0.6) is 0 Å². The summed E-state index contributed by atoms with van der Waals surface area (Å²) >= 11 is 2.25. The molecule has 6 heteroatoms. The highest BCUT2D eigenvalue weighted by atomic mass is 127. The Bertz CT molecular complexity index is 779. The molecule has 0 saturated carbocycles. The molecule has 1 aliphatic carbocycles. The van der Waals surface area contributed by atoms with Crippen LogP contribution in [0.2, 0.25) is 0 Å². The van der Waals surface area contributed by atoms with Crippen LogP contribution in [0.4, 0.5) is 0 Å². The van der Waals surface area contributed by atoms with Gasteiger partial charge in [0.25, 0.3) is 6.29 Å². The predicted molar refractivity (Wildman–Crippen MR) is 88.0 cm³/mol. The first-order chi connectivity index (χ1) is 11.0. The largest absolute Gasteiger partial charge is 0.458 e. The molecule has 23 heavy (non-hydrogen) atoms. The smallest absolute Gasteiger partial charge is 0.338 e. The van der Waals surface area contributed by atoms with Gasteiger partial charge in [0.2, 0.25) is 0 Å². The lowest BCUT2D eigenvalue weighted by molar-refractivity contribution is -0.152. The monoisotopic (exact) mass is 424 g/mol. The van der Waals surface area contributed by atoms with Crippen LogP contribution in [0.25, 0.3) is 0 Å². The molecule has 0 radical (unpaired) electrons. The topological polar surface area (TPSA) is 61.8 Å². The molecule has 4 rings (SSSR count). The van der Waals surface area contributed by atoms with E-state index in [9.17, 15) is 9.59 Å². The summed E-state index contributed by atoms with van der Waals surface area (Å²) in [7, 11) is 0. The van der Waals surface area contributed by atoms with Crippen LogP contribution in [0.15, 0.2) is 41.7 Å². The summed E-state index contributed by atoms with van der Waals surface area (Å²) in [5, 5.41) is 0. The molecule has 1 fully saturated rings. The van der Waals surface area contributed by atoms with Gasteiger partial charge >= 0.3 is 11.9 Å². The molecule has 0 aromatic heterocycles. The molecule has 2 heterocycles. The predicted octanol–water partition coefficient (Wildman–Crippen LogP) is 2.79. The fourth-order valence-electron chi connectivity index (χ4n) is 3.18. The summed E-state index contributed by atoms with van der Waals surface area (Å²) in [6.07, 6.45) is 2.70. The second-order valence-electron chi connectivity index (χ2n) is 5.81. The van der Waals surface area contributed by atoms with Crippen molar-refractivity contribution in [3.05, 3.63) is 56.4 Å². The fraction of sp³-hybridized carbons (Fsp3) is 0.294. The zero-order valence-corrected chi connectivity index (χ0v) is 14.4. The number of ether oxygens (including phenoxy) is 3. The number of rotatable bonds is 2. The minimum atomic E-state index is -0.772. The number of hydrogen-bond donors (Lipinski definition) is 0. The zero-order chi connectivity index (χ0) is 16.1. The van der Waals surface area contributed by atoms with E-state index >= 15 is 0 Å². The molecule has 1 aromatic carbocycles. The molecule has 1 aromatic rings. The van der Waals surface area contributed by atoms with Crippen molar-refractivity contribution in [3.8, 4) is 0 Å². The molecule has 118 valence electrons. The van der Waals surface area contributed by atoms with E-state index in [-0.39, 0.29) is 18.0 Å². The van der Waals surface area contributed by atoms with Crippen molar-refractivity contribution in [3.63, 3.8) is 0 Å². The van der Waals surface area contributed by atoms with Crippen molar-refractivity contribution in [2.75, 3.05) is 0 Å². The molecule has 3 unspecified atom stereocenters. The highest BCUT2D eigenvalue weighted by molar-refractivity contribution is 14.1. The summed E-state index contributed by atoms with van der Waals surface area (Å²) in [5.74, 6) is -0.810. The number of carbonyl (C=O) groups is 2. The summed E-state index contributed by atoms with van der Waals surface area (Å²) in [6.45, 7) is 1.66. The van der Waals surface area contributed by atoms with Crippen LogP contribution in [-0.2, 0) is 30.2 Å². The van der Waals surface area contributed by atoms with Gasteiger partial charge in [0.05, 0.1) is 11.8 Å². The van der Waals surface area contributed by atoms with Gasteiger partial charge in [-0.3, -0.25) is 0 Å². The van der Waals surface area contributed by atoms with Gasteiger partial charge in [-0.05, 0) is 59.2 Å². The molecule has 3 aliphatic rings. The number of cyclic esters (lactones) is 1. The van der Waals surface area contributed by atoms with Gasteiger partial charge in [-0.1, -0.05) is 6.07 Å². The minimum Gasteiger partial charge on any atom is -0.458 e. The van der Waals surface area contributed by atoms with Crippen LogP contribution in [0.1, 0.15) is 24.2 Å². The Labute approximate surface area is 146 Å². The molecular formula is C17H13IO5. The highest BCUT2D eigenvalue weighted by Crippen LogP contribution is 2.48. The van der Waals surface area contributed by atoms with Crippen molar-refractivity contribution < 1.29 is 23.8 Å². The van der Waals surface area contributed by atoms with Crippen molar-refractivity contribution in [1.29, 1.82) is 0 Å². The summed E-state index contributed by atoms with van der Waals surface area (Å²) in [5.41, 5.74) is 3.27. The quantitative estimate of drug-likeness (QED) is 0.316. The Morgan fingerprint density at radius 3 is 2.83 bits per heavy atom. The summed E-state index contributed by atoms with van der Waals surface area (Å²) in [6, 6.07) is 6.18. The van der Waals surface area contributed by atoms with Crippen LogP contribution >= 0.6 is 22.6 Å². The van der Waals surface area contributed by atoms with Gasteiger partial charge in [-0.15, -0.1) is 0 Å². The SMILES string of the molecule is CC1=CC(O/C=C2\C(=O)OC3c4cc(I)ccc4CC23)OC1=O. The van der Waals surface area contributed by atoms with Crippen LogP contribution in [0.3, 0.4) is 0 Å². The highest BCUT2D eigenvalue weighted by Gasteiger charge is 2.46. The Morgan fingerprint density at radius 1 is 1.26 bits per heavy atom. The second-order valence-corrected chi connectivity index (χ2v) is 7.06. The average molecular weight is 424 g/mol. The lowest BCUT2D eigenvalue weighted by Crippen LogP contribution is -2.11. The van der Waals surface area contributed by atoms with E-state index < -0.39 is 12.3 Å². The van der Waals surface area contributed by atoms with Gasteiger partial charge in [0.1, 0.15) is 6.10 Å². The van der Waals surface area contributed by atoms with Gasteiger partial charge in [0, 0.05) is 21.1 Å². The maximum absolute atomic E-state index is 12.1. The molecule has 0 bridgehead atoms. The van der Waals surface area contributed by atoms with E-state index in [1.807, 2.05) is 6.07 Å². The summed E-state index contributed by atoms with van der Waals surface area (Å²) in [4.78, 5) is 23.4. The van der Waals surface area contributed by atoms with Crippen molar-refractivity contribution in [2.24, 2.45) is 5.92 Å². The lowest BCUT2D eigenvalue weighted by atomic mass is 9.98. The van der Waals surface area contributed by atoms with E-state index in [4.69, 9.17) is 14.2 Å². The van der Waals surface area contributed by atoms with Crippen molar-refractivity contribution in [1.82, 2.24) is 0 Å². The van der Waals surface area contributed by atoms with E-state index in [0.717, 1.165) is 15.6 Å². The standard InChI is InChI=1S/C17H13IO5/c1-8-4-14(22-16(8)19)21-7-13-12-5-9-2-3-10(18)6-11(9)15(12)23-17(13)20/h2-4,6-7,12,14-15H,5H2,1H3/b13-7-. The minimum absolute atomic E-state index is 0.0436. The lowest BCUT2D eigenvalue weighted by Gasteiger charge is -2.09. The number of carbonyl (C=O) groups excluding carboxylic acids is 2. The molecule has 0 amide bonds. The fourth-order valence-corrected chi connectivity index (χ4v) is 3.69. The first-order valence-corrected chi connectivity index (χ1v) is 8.35. The van der Waals surface area contributed by atoms with E-state index in [1.54, 1.807) is 13.0 Å². The Hall–Kier alpha value is -1.83. The third-order valence-electron chi connectivity index (χ3n) is 4.35. The molecule has 0 spiro atoms. The number of halogens is 1.